The molecule has 6 nitrogen and oxygen atoms in total. The number of ether oxygens (including phenoxy) is 1. The molecular formula is C10H11N3O3. The fourth-order valence-corrected chi connectivity index (χ4v) is 1.64. The highest BCUT2D eigenvalue weighted by molar-refractivity contribution is 6.36. The molecule has 0 aromatic carbocycles. The Hall–Kier alpha value is -1.98. The van der Waals surface area contributed by atoms with Crippen molar-refractivity contribution in [2.45, 2.75) is 13.8 Å². The smallest absolute Gasteiger partial charge is 0.341 e. The molecule has 2 heterocycles. The van der Waals surface area contributed by atoms with Gasteiger partial charge in [0.1, 0.15) is 11.5 Å². The normalized spacial score (nSPS) is 22.8. The zero-order chi connectivity index (χ0) is 11.7. The zero-order valence-electron chi connectivity index (χ0n) is 8.98. The molecular weight excluding hydrogens is 210 g/mol. The van der Waals surface area contributed by atoms with Crippen molar-refractivity contribution in [2.24, 2.45) is 16.1 Å². The van der Waals surface area contributed by atoms with E-state index in [0.29, 0.717) is 11.4 Å². The topological polar surface area (TPSA) is 80.1 Å². The number of nitrogens with one attached hydrogen (secondary N) is 1. The van der Waals surface area contributed by atoms with Gasteiger partial charge in [0.05, 0.1) is 18.0 Å². The third-order valence-electron chi connectivity index (χ3n) is 2.40. The molecule has 2 aliphatic rings. The highest BCUT2D eigenvalue weighted by Crippen LogP contribution is 2.21. The van der Waals surface area contributed by atoms with E-state index < -0.39 is 11.9 Å². The molecule has 84 valence electrons. The van der Waals surface area contributed by atoms with Crippen LogP contribution in [0.2, 0.25) is 0 Å². The highest BCUT2D eigenvalue weighted by Gasteiger charge is 2.38. The SMILES string of the molecule is CCOC(=O)C1=CNC(=O)C2C(C)=NN=C12. The second-order valence-corrected chi connectivity index (χ2v) is 3.45. The van der Waals surface area contributed by atoms with E-state index in [-0.39, 0.29) is 18.1 Å². The fraction of sp³-hybridized carbons (Fsp3) is 0.400. The van der Waals surface area contributed by atoms with E-state index in [0.717, 1.165) is 0 Å². The summed E-state index contributed by atoms with van der Waals surface area (Å²) in [6, 6.07) is 0. The Bertz CT molecular complexity index is 448. The number of hydrogen-bond donors (Lipinski definition) is 1. The average molecular weight is 221 g/mol. The fourth-order valence-electron chi connectivity index (χ4n) is 1.64. The van der Waals surface area contributed by atoms with Gasteiger partial charge in [-0.15, -0.1) is 0 Å². The van der Waals surface area contributed by atoms with Gasteiger partial charge in [-0.25, -0.2) is 4.79 Å². The molecule has 0 aromatic rings. The summed E-state index contributed by atoms with van der Waals surface area (Å²) in [5.41, 5.74) is 1.23. The minimum atomic E-state index is -0.551. The third-order valence-corrected chi connectivity index (χ3v) is 2.40. The molecule has 0 spiro atoms. The number of rotatable bonds is 2. The highest BCUT2D eigenvalue weighted by atomic mass is 16.5. The Kier molecular flexibility index (Phi) is 2.55. The number of fused-ring (bicyclic) bond motifs is 1. The zero-order valence-corrected chi connectivity index (χ0v) is 8.98. The van der Waals surface area contributed by atoms with Crippen LogP contribution in [0.5, 0.6) is 0 Å². The van der Waals surface area contributed by atoms with Crippen LogP contribution in [0.15, 0.2) is 22.0 Å². The second kappa shape index (κ2) is 3.88. The van der Waals surface area contributed by atoms with Crippen molar-refractivity contribution in [2.75, 3.05) is 6.61 Å². The van der Waals surface area contributed by atoms with Crippen molar-refractivity contribution in [1.29, 1.82) is 0 Å². The van der Waals surface area contributed by atoms with Crippen molar-refractivity contribution in [1.82, 2.24) is 5.32 Å². The lowest BCUT2D eigenvalue weighted by Gasteiger charge is -2.18. The van der Waals surface area contributed by atoms with Crippen molar-refractivity contribution < 1.29 is 14.3 Å². The number of hydrogen-bond acceptors (Lipinski definition) is 5. The Labute approximate surface area is 92.1 Å². The first-order chi connectivity index (χ1) is 7.65. The van der Waals surface area contributed by atoms with Gasteiger partial charge in [0, 0.05) is 6.20 Å². The van der Waals surface area contributed by atoms with Crippen LogP contribution in [0, 0.1) is 5.92 Å². The lowest BCUT2D eigenvalue weighted by atomic mass is 9.91. The summed E-state index contributed by atoms with van der Waals surface area (Å²) < 4.78 is 4.87. The Morgan fingerprint density at radius 2 is 2.31 bits per heavy atom. The van der Waals surface area contributed by atoms with Crippen LogP contribution in [0.25, 0.3) is 0 Å². The molecule has 2 rings (SSSR count). The van der Waals surface area contributed by atoms with Crippen LogP contribution >= 0.6 is 0 Å². The van der Waals surface area contributed by atoms with E-state index >= 15 is 0 Å². The maximum Gasteiger partial charge on any atom is 0.341 e. The summed E-state index contributed by atoms with van der Waals surface area (Å²) in [6.07, 6.45) is 1.32. The number of amides is 1. The summed E-state index contributed by atoms with van der Waals surface area (Å²) in [5.74, 6) is -1.26. The second-order valence-electron chi connectivity index (χ2n) is 3.45. The summed E-state index contributed by atoms with van der Waals surface area (Å²) in [6.45, 7) is 3.70. The quantitative estimate of drug-likeness (QED) is 0.667. The van der Waals surface area contributed by atoms with E-state index in [1.807, 2.05) is 0 Å². The molecule has 2 aliphatic heterocycles. The molecule has 0 fully saturated rings. The van der Waals surface area contributed by atoms with E-state index in [1.54, 1.807) is 13.8 Å². The Morgan fingerprint density at radius 3 is 3.00 bits per heavy atom. The van der Waals surface area contributed by atoms with Crippen LogP contribution in [0.3, 0.4) is 0 Å². The molecule has 6 heteroatoms. The molecule has 16 heavy (non-hydrogen) atoms. The number of carbonyl (C=O) groups excluding carboxylic acids is 2. The van der Waals surface area contributed by atoms with Gasteiger partial charge < -0.3 is 10.1 Å². The van der Waals surface area contributed by atoms with E-state index in [2.05, 4.69) is 15.5 Å². The van der Waals surface area contributed by atoms with E-state index in [1.165, 1.54) is 6.20 Å². The third kappa shape index (κ3) is 1.52. The van der Waals surface area contributed by atoms with Crippen molar-refractivity contribution in [3.63, 3.8) is 0 Å². The number of nitrogens with zero attached hydrogens (tertiary/aromatic N) is 2. The van der Waals surface area contributed by atoms with Gasteiger partial charge in [-0.1, -0.05) is 0 Å². The van der Waals surface area contributed by atoms with Crippen molar-refractivity contribution >= 4 is 23.3 Å². The van der Waals surface area contributed by atoms with Crippen molar-refractivity contribution in [3.8, 4) is 0 Å². The molecule has 1 atom stereocenters. The maximum absolute atomic E-state index is 11.6. The summed E-state index contributed by atoms with van der Waals surface area (Å²) in [4.78, 5) is 23.1. The summed E-state index contributed by atoms with van der Waals surface area (Å²) in [7, 11) is 0. The average Bonchev–Trinajstić information content (AvgIpc) is 2.62. The monoisotopic (exact) mass is 221 g/mol. The van der Waals surface area contributed by atoms with Crippen molar-refractivity contribution in [3.05, 3.63) is 11.8 Å². The molecule has 0 saturated carbocycles. The van der Waals surface area contributed by atoms with Gasteiger partial charge in [0.25, 0.3) is 0 Å². The van der Waals surface area contributed by atoms with Crippen LogP contribution in [0.4, 0.5) is 0 Å². The largest absolute Gasteiger partial charge is 0.462 e. The predicted octanol–water partition coefficient (Wildman–Crippen LogP) is 0.00990. The first-order valence-electron chi connectivity index (χ1n) is 4.95. The summed E-state index contributed by atoms with van der Waals surface area (Å²) in [5, 5.41) is 10.2. The van der Waals surface area contributed by atoms with E-state index in [4.69, 9.17) is 4.74 Å². The lowest BCUT2D eigenvalue weighted by molar-refractivity contribution is -0.137. The lowest BCUT2D eigenvalue weighted by Crippen LogP contribution is -2.42. The number of carbonyl (C=O) groups is 2. The molecule has 0 aliphatic carbocycles. The van der Waals surface area contributed by atoms with Gasteiger partial charge in [-0.2, -0.15) is 10.2 Å². The molecule has 0 bridgehead atoms. The molecule has 1 unspecified atom stereocenters. The molecule has 0 aromatic heterocycles. The predicted molar refractivity (Wildman–Crippen MR) is 56.9 cm³/mol. The molecule has 0 saturated heterocycles. The van der Waals surface area contributed by atoms with E-state index in [9.17, 15) is 9.59 Å². The van der Waals surface area contributed by atoms with Crippen LogP contribution < -0.4 is 5.32 Å². The minimum Gasteiger partial charge on any atom is -0.462 e. The molecule has 0 radical (unpaired) electrons. The standard InChI is InChI=1S/C10H11N3O3/c1-3-16-10(15)6-4-11-9(14)7-5(2)12-13-8(6)7/h4,7H,3H2,1-2H3,(H,11,14). The van der Waals surface area contributed by atoms with Gasteiger partial charge in [-0.3, -0.25) is 4.79 Å². The maximum atomic E-state index is 11.6. The van der Waals surface area contributed by atoms with Gasteiger partial charge in [0.2, 0.25) is 5.91 Å². The first kappa shape index (κ1) is 10.5. The van der Waals surface area contributed by atoms with Crippen LogP contribution in [-0.2, 0) is 14.3 Å². The molecule has 1 amide bonds. The van der Waals surface area contributed by atoms with Crippen LogP contribution in [-0.4, -0.2) is 29.9 Å². The Morgan fingerprint density at radius 1 is 1.56 bits per heavy atom. The van der Waals surface area contributed by atoms with Gasteiger partial charge in [-0.05, 0) is 13.8 Å². The molecule has 1 N–H and O–H groups in total. The van der Waals surface area contributed by atoms with Crippen LogP contribution in [0.1, 0.15) is 13.8 Å². The number of esters is 1. The minimum absolute atomic E-state index is 0.217. The first-order valence-corrected chi connectivity index (χ1v) is 4.95. The Balaban J connectivity index is 2.30. The van der Waals surface area contributed by atoms with Gasteiger partial charge in [0.15, 0.2) is 0 Å². The van der Waals surface area contributed by atoms with Gasteiger partial charge >= 0.3 is 5.97 Å². The summed E-state index contributed by atoms with van der Waals surface area (Å²) >= 11 is 0.